The predicted molar refractivity (Wildman–Crippen MR) is 125 cm³/mol. The van der Waals surface area contributed by atoms with Crippen LogP contribution in [-0.2, 0) is 11.4 Å². The molecule has 0 aliphatic carbocycles. The molecule has 0 aliphatic heterocycles. The van der Waals surface area contributed by atoms with E-state index in [0.717, 1.165) is 11.3 Å². The smallest absolute Gasteiger partial charge is 0.248 e. The number of benzene rings is 2. The molecule has 1 atom stereocenters. The normalized spacial score (nSPS) is 11.7. The topological polar surface area (TPSA) is 74.6 Å². The van der Waals surface area contributed by atoms with Crippen LogP contribution in [0.25, 0.3) is 0 Å². The van der Waals surface area contributed by atoms with E-state index in [9.17, 15) is 4.79 Å². The molecule has 1 unspecified atom stereocenters. The molecule has 170 valence electrons. The minimum Gasteiger partial charge on any atom is -0.490 e. The molecule has 1 N–H and O–H groups in total. The largest absolute Gasteiger partial charge is 0.490 e. The van der Waals surface area contributed by atoms with Gasteiger partial charge in [0.2, 0.25) is 5.91 Å². The highest BCUT2D eigenvalue weighted by Crippen LogP contribution is 2.29. The van der Waals surface area contributed by atoms with Crippen LogP contribution in [0, 0.1) is 6.92 Å². The van der Waals surface area contributed by atoms with E-state index in [-0.39, 0.29) is 5.91 Å². The Bertz CT molecular complexity index is 1030. The highest BCUT2D eigenvalue weighted by Gasteiger charge is 2.17. The highest BCUT2D eigenvalue weighted by atomic mass is 35.5. The fourth-order valence-electron chi connectivity index (χ4n) is 3.01. The van der Waals surface area contributed by atoms with Crippen LogP contribution in [0.5, 0.6) is 17.2 Å². The van der Waals surface area contributed by atoms with Gasteiger partial charge in [-0.1, -0.05) is 17.7 Å². The van der Waals surface area contributed by atoms with Crippen molar-refractivity contribution in [3.8, 4) is 17.2 Å². The van der Waals surface area contributed by atoms with Crippen molar-refractivity contribution in [2.75, 3.05) is 18.5 Å². The van der Waals surface area contributed by atoms with E-state index in [0.29, 0.717) is 47.7 Å². The highest BCUT2D eigenvalue weighted by molar-refractivity contribution is 6.31. The number of carbonyl (C=O) groups is 1. The number of anilines is 1. The van der Waals surface area contributed by atoms with E-state index in [1.807, 2.05) is 44.2 Å². The Morgan fingerprint density at radius 1 is 1.06 bits per heavy atom. The molecule has 7 nitrogen and oxygen atoms in total. The van der Waals surface area contributed by atoms with E-state index >= 15 is 0 Å². The minimum atomic E-state index is -0.490. The molecule has 0 bridgehead atoms. The summed E-state index contributed by atoms with van der Waals surface area (Å²) in [6, 6.07) is 12.5. The summed E-state index contributed by atoms with van der Waals surface area (Å²) in [6.07, 6.45) is 1.65. The maximum atomic E-state index is 12.5. The summed E-state index contributed by atoms with van der Waals surface area (Å²) in [5, 5.41) is 7.68. The van der Waals surface area contributed by atoms with E-state index < -0.39 is 6.04 Å². The van der Waals surface area contributed by atoms with Gasteiger partial charge in [-0.3, -0.25) is 9.48 Å². The predicted octanol–water partition coefficient (Wildman–Crippen LogP) is 5.42. The van der Waals surface area contributed by atoms with Crippen molar-refractivity contribution >= 4 is 23.2 Å². The third kappa shape index (κ3) is 5.95. The molecule has 32 heavy (non-hydrogen) atoms. The van der Waals surface area contributed by atoms with Crippen LogP contribution in [-0.4, -0.2) is 28.9 Å². The van der Waals surface area contributed by atoms with Crippen LogP contribution in [0.1, 0.15) is 38.1 Å². The lowest BCUT2D eigenvalue weighted by atomic mass is 10.2. The van der Waals surface area contributed by atoms with Crippen molar-refractivity contribution < 1.29 is 19.0 Å². The van der Waals surface area contributed by atoms with Crippen LogP contribution in [0.2, 0.25) is 5.02 Å². The number of nitrogens with zero attached hydrogens (tertiary/aromatic N) is 2. The molecule has 0 saturated heterocycles. The first kappa shape index (κ1) is 23.5. The molecule has 2 aromatic carbocycles. The number of ether oxygens (including phenoxy) is 3. The SMILES string of the molecule is CCOc1ccc(COc2ccc(NC(=O)C(C)n3cc(Cl)c(C)n3)cc2)cc1OCC. The third-order valence-corrected chi connectivity index (χ3v) is 5.14. The zero-order valence-corrected chi connectivity index (χ0v) is 19.5. The van der Waals surface area contributed by atoms with Crippen molar-refractivity contribution in [1.29, 1.82) is 0 Å². The second kappa shape index (κ2) is 10.9. The van der Waals surface area contributed by atoms with Crippen LogP contribution in [0.4, 0.5) is 5.69 Å². The van der Waals surface area contributed by atoms with Gasteiger partial charge in [-0.05, 0) is 69.7 Å². The molecule has 0 aliphatic rings. The summed E-state index contributed by atoms with van der Waals surface area (Å²) in [5.74, 6) is 1.93. The molecule has 0 spiro atoms. The second-order valence-electron chi connectivity index (χ2n) is 7.17. The average molecular weight is 458 g/mol. The Kier molecular flexibility index (Phi) is 8.00. The first-order valence-corrected chi connectivity index (χ1v) is 10.9. The number of nitrogens with one attached hydrogen (secondary N) is 1. The van der Waals surface area contributed by atoms with Gasteiger partial charge in [0.15, 0.2) is 11.5 Å². The lowest BCUT2D eigenvalue weighted by Crippen LogP contribution is -2.24. The van der Waals surface area contributed by atoms with Gasteiger partial charge < -0.3 is 19.5 Å². The van der Waals surface area contributed by atoms with Gasteiger partial charge in [0, 0.05) is 11.9 Å². The summed E-state index contributed by atoms with van der Waals surface area (Å²) < 4.78 is 18.7. The average Bonchev–Trinajstić information content (AvgIpc) is 3.12. The van der Waals surface area contributed by atoms with E-state index in [1.54, 1.807) is 36.9 Å². The van der Waals surface area contributed by atoms with Gasteiger partial charge in [-0.25, -0.2) is 0 Å². The fraction of sp³-hybridized carbons (Fsp3) is 0.333. The maximum absolute atomic E-state index is 12.5. The number of rotatable bonds is 10. The Morgan fingerprint density at radius 2 is 1.75 bits per heavy atom. The second-order valence-corrected chi connectivity index (χ2v) is 7.58. The third-order valence-electron chi connectivity index (χ3n) is 4.77. The molecule has 0 saturated carbocycles. The Balaban J connectivity index is 1.57. The van der Waals surface area contributed by atoms with E-state index in [4.69, 9.17) is 25.8 Å². The molecule has 1 heterocycles. The molecular weight excluding hydrogens is 430 g/mol. The van der Waals surface area contributed by atoms with Crippen molar-refractivity contribution in [3.05, 3.63) is 64.9 Å². The van der Waals surface area contributed by atoms with E-state index in [2.05, 4.69) is 10.4 Å². The van der Waals surface area contributed by atoms with Gasteiger partial charge >= 0.3 is 0 Å². The van der Waals surface area contributed by atoms with E-state index in [1.165, 1.54) is 0 Å². The lowest BCUT2D eigenvalue weighted by molar-refractivity contribution is -0.119. The van der Waals surface area contributed by atoms with Crippen LogP contribution in [0.15, 0.2) is 48.7 Å². The first-order valence-electron chi connectivity index (χ1n) is 10.5. The molecular formula is C24H28ClN3O4. The first-order chi connectivity index (χ1) is 15.4. The van der Waals surface area contributed by atoms with Gasteiger partial charge in [0.05, 0.1) is 23.9 Å². The van der Waals surface area contributed by atoms with Crippen molar-refractivity contribution in [1.82, 2.24) is 9.78 Å². The zero-order valence-electron chi connectivity index (χ0n) is 18.7. The molecule has 3 aromatic rings. The molecule has 1 aromatic heterocycles. The summed E-state index contributed by atoms with van der Waals surface area (Å²) in [7, 11) is 0. The number of carbonyl (C=O) groups excluding carboxylic acids is 1. The number of hydrogen-bond acceptors (Lipinski definition) is 5. The van der Waals surface area contributed by atoms with Crippen molar-refractivity contribution in [3.63, 3.8) is 0 Å². The summed E-state index contributed by atoms with van der Waals surface area (Å²) in [4.78, 5) is 12.5. The van der Waals surface area contributed by atoms with Gasteiger partial charge in [-0.15, -0.1) is 0 Å². The molecule has 8 heteroatoms. The maximum Gasteiger partial charge on any atom is 0.248 e. The summed E-state index contributed by atoms with van der Waals surface area (Å²) in [6.45, 7) is 8.96. The number of amides is 1. The standard InChI is InChI=1S/C24H28ClN3O4/c1-5-30-22-12-7-18(13-23(22)31-6-2)15-32-20-10-8-19(9-11-20)26-24(29)17(4)28-14-21(25)16(3)27-28/h7-14,17H,5-6,15H2,1-4H3,(H,26,29). The Morgan fingerprint density at radius 3 is 2.38 bits per heavy atom. The number of aryl methyl sites for hydroxylation is 1. The zero-order chi connectivity index (χ0) is 23.1. The fourth-order valence-corrected chi connectivity index (χ4v) is 3.15. The minimum absolute atomic E-state index is 0.185. The summed E-state index contributed by atoms with van der Waals surface area (Å²) >= 11 is 6.03. The molecule has 1 amide bonds. The molecule has 0 radical (unpaired) electrons. The quantitative estimate of drug-likeness (QED) is 0.440. The lowest BCUT2D eigenvalue weighted by Gasteiger charge is -2.14. The van der Waals surface area contributed by atoms with Crippen molar-refractivity contribution in [2.24, 2.45) is 0 Å². The Labute approximate surface area is 193 Å². The van der Waals surface area contributed by atoms with Crippen molar-refractivity contribution in [2.45, 2.75) is 40.3 Å². The number of hydrogen-bond donors (Lipinski definition) is 1. The Hall–Kier alpha value is -3.19. The van der Waals surface area contributed by atoms with Crippen LogP contribution >= 0.6 is 11.6 Å². The molecule has 3 rings (SSSR count). The van der Waals surface area contributed by atoms with Gasteiger partial charge in [-0.2, -0.15) is 5.10 Å². The van der Waals surface area contributed by atoms with Gasteiger partial charge in [0.25, 0.3) is 0 Å². The van der Waals surface area contributed by atoms with Crippen LogP contribution in [0.3, 0.4) is 0 Å². The van der Waals surface area contributed by atoms with Crippen LogP contribution < -0.4 is 19.5 Å². The van der Waals surface area contributed by atoms with Gasteiger partial charge in [0.1, 0.15) is 18.4 Å². The molecule has 0 fully saturated rings. The number of aromatic nitrogens is 2. The summed E-state index contributed by atoms with van der Waals surface area (Å²) in [5.41, 5.74) is 2.33. The monoisotopic (exact) mass is 457 g/mol. The number of halogens is 1.